The molecule has 0 unspecified atom stereocenters. The lowest BCUT2D eigenvalue weighted by Gasteiger charge is -2.11. The monoisotopic (exact) mass is 308 g/mol. The van der Waals surface area contributed by atoms with E-state index >= 15 is 0 Å². The van der Waals surface area contributed by atoms with Crippen LogP contribution in [0, 0.1) is 0 Å². The van der Waals surface area contributed by atoms with Crippen molar-refractivity contribution in [1.82, 2.24) is 20.4 Å². The molecule has 0 bridgehead atoms. The molecule has 0 saturated heterocycles. The third-order valence-corrected chi connectivity index (χ3v) is 3.57. The van der Waals surface area contributed by atoms with Crippen LogP contribution >= 0.6 is 23.8 Å². The smallest absolute Gasteiger partial charge is 0.166 e. The van der Waals surface area contributed by atoms with Gasteiger partial charge in [-0.05, 0) is 24.2 Å². The van der Waals surface area contributed by atoms with Gasteiger partial charge < -0.3 is 10.6 Å². The molecule has 0 atom stereocenters. The highest BCUT2D eigenvalue weighted by Gasteiger charge is 2.06. The van der Waals surface area contributed by atoms with Gasteiger partial charge >= 0.3 is 0 Å². The van der Waals surface area contributed by atoms with E-state index in [-0.39, 0.29) is 0 Å². The van der Waals surface area contributed by atoms with Crippen LogP contribution < -0.4 is 10.6 Å². The fraction of sp³-hybridized carbons (Fsp3) is 0.286. The number of hydrogen-bond acceptors (Lipinski definition) is 2. The van der Waals surface area contributed by atoms with Gasteiger partial charge in [0.25, 0.3) is 0 Å². The van der Waals surface area contributed by atoms with Crippen LogP contribution in [0.3, 0.4) is 0 Å². The third-order valence-electron chi connectivity index (χ3n) is 2.97. The van der Waals surface area contributed by atoms with Gasteiger partial charge in [0.1, 0.15) is 0 Å². The Morgan fingerprint density at radius 3 is 2.70 bits per heavy atom. The molecule has 0 aliphatic heterocycles. The van der Waals surface area contributed by atoms with E-state index in [9.17, 15) is 0 Å². The van der Waals surface area contributed by atoms with Crippen LogP contribution in [0.15, 0.2) is 36.5 Å². The molecular weight excluding hydrogens is 292 g/mol. The summed E-state index contributed by atoms with van der Waals surface area (Å²) in [6, 6.07) is 10.3. The number of aryl methyl sites for hydroxylation is 1. The predicted molar refractivity (Wildman–Crippen MR) is 85.8 cm³/mol. The van der Waals surface area contributed by atoms with E-state index in [1.807, 2.05) is 25.2 Å². The molecule has 1 heterocycles. The first-order valence-electron chi connectivity index (χ1n) is 6.39. The van der Waals surface area contributed by atoms with E-state index in [1.165, 1.54) is 5.56 Å². The summed E-state index contributed by atoms with van der Waals surface area (Å²) in [5.41, 5.74) is 2.20. The fourth-order valence-electron chi connectivity index (χ4n) is 1.83. The van der Waals surface area contributed by atoms with Gasteiger partial charge in [-0.3, -0.25) is 4.68 Å². The number of benzene rings is 1. The molecule has 6 heteroatoms. The van der Waals surface area contributed by atoms with Crippen LogP contribution in [-0.4, -0.2) is 21.4 Å². The Bertz CT molecular complexity index is 548. The lowest BCUT2D eigenvalue weighted by atomic mass is 10.1. The van der Waals surface area contributed by atoms with Crippen molar-refractivity contribution < 1.29 is 0 Å². The van der Waals surface area contributed by atoms with Crippen molar-refractivity contribution in [2.45, 2.75) is 13.0 Å². The van der Waals surface area contributed by atoms with Gasteiger partial charge in [0.2, 0.25) is 0 Å². The number of halogens is 1. The van der Waals surface area contributed by atoms with Crippen molar-refractivity contribution in [3.8, 4) is 0 Å². The normalized spacial score (nSPS) is 10.3. The standard InChI is InChI=1S/C14H17ClN4S/c1-19-13(12(15)9-18-19)10-17-14(20)16-8-7-11-5-3-2-4-6-11/h2-6,9H,7-8,10H2,1H3,(H2,16,17,20). The van der Waals surface area contributed by atoms with Gasteiger partial charge in [-0.25, -0.2) is 0 Å². The van der Waals surface area contributed by atoms with Crippen LogP contribution in [-0.2, 0) is 20.0 Å². The van der Waals surface area contributed by atoms with Crippen LogP contribution in [0.5, 0.6) is 0 Å². The highest BCUT2D eigenvalue weighted by Crippen LogP contribution is 2.13. The molecule has 2 rings (SSSR count). The van der Waals surface area contributed by atoms with Crippen molar-refractivity contribution in [2.24, 2.45) is 7.05 Å². The van der Waals surface area contributed by atoms with E-state index in [1.54, 1.807) is 10.9 Å². The van der Waals surface area contributed by atoms with Gasteiger partial charge in [-0.15, -0.1) is 0 Å². The van der Waals surface area contributed by atoms with Gasteiger partial charge in [-0.2, -0.15) is 5.10 Å². The van der Waals surface area contributed by atoms with Crippen molar-refractivity contribution in [1.29, 1.82) is 0 Å². The molecule has 4 nitrogen and oxygen atoms in total. The molecule has 0 radical (unpaired) electrons. The molecule has 0 saturated carbocycles. The highest BCUT2D eigenvalue weighted by atomic mass is 35.5. The molecule has 0 aliphatic carbocycles. The largest absolute Gasteiger partial charge is 0.362 e. The number of aromatic nitrogens is 2. The first kappa shape index (κ1) is 14.8. The summed E-state index contributed by atoms with van der Waals surface area (Å²) in [5, 5.41) is 11.7. The van der Waals surface area contributed by atoms with Gasteiger partial charge in [0, 0.05) is 13.6 Å². The Balaban J connectivity index is 1.71. The Morgan fingerprint density at radius 2 is 2.05 bits per heavy atom. The molecule has 0 fully saturated rings. The Labute approximate surface area is 129 Å². The molecule has 2 N–H and O–H groups in total. The van der Waals surface area contributed by atoms with E-state index in [4.69, 9.17) is 23.8 Å². The van der Waals surface area contributed by atoms with Crippen LogP contribution in [0.4, 0.5) is 0 Å². The fourth-order valence-corrected chi connectivity index (χ4v) is 2.23. The number of hydrogen-bond donors (Lipinski definition) is 2. The van der Waals surface area contributed by atoms with Crippen LogP contribution in [0.25, 0.3) is 0 Å². The summed E-state index contributed by atoms with van der Waals surface area (Å²) < 4.78 is 1.74. The van der Waals surface area contributed by atoms with E-state index in [2.05, 4.69) is 27.9 Å². The summed E-state index contributed by atoms with van der Waals surface area (Å²) in [7, 11) is 1.86. The average Bonchev–Trinajstić information content (AvgIpc) is 2.77. The topological polar surface area (TPSA) is 41.9 Å². The average molecular weight is 309 g/mol. The van der Waals surface area contributed by atoms with Crippen molar-refractivity contribution in [3.63, 3.8) is 0 Å². The molecule has 2 aromatic rings. The lowest BCUT2D eigenvalue weighted by Crippen LogP contribution is -2.36. The highest BCUT2D eigenvalue weighted by molar-refractivity contribution is 7.80. The zero-order valence-corrected chi connectivity index (χ0v) is 12.8. The predicted octanol–water partition coefficient (Wildman–Crippen LogP) is 2.28. The van der Waals surface area contributed by atoms with Gasteiger partial charge in [-0.1, -0.05) is 41.9 Å². The minimum Gasteiger partial charge on any atom is -0.362 e. The molecule has 20 heavy (non-hydrogen) atoms. The van der Waals surface area contributed by atoms with E-state index in [0.29, 0.717) is 16.7 Å². The van der Waals surface area contributed by atoms with Crippen molar-refractivity contribution in [3.05, 3.63) is 52.8 Å². The number of rotatable bonds is 5. The molecule has 0 amide bonds. The van der Waals surface area contributed by atoms with Crippen molar-refractivity contribution >= 4 is 28.9 Å². The second kappa shape index (κ2) is 7.26. The Kier molecular flexibility index (Phi) is 5.38. The van der Waals surface area contributed by atoms with Gasteiger partial charge in [0.15, 0.2) is 5.11 Å². The minimum atomic E-state index is 0.562. The van der Waals surface area contributed by atoms with Crippen LogP contribution in [0.1, 0.15) is 11.3 Å². The maximum Gasteiger partial charge on any atom is 0.166 e. The molecule has 1 aromatic heterocycles. The summed E-state index contributed by atoms with van der Waals surface area (Å²) in [6.45, 7) is 1.36. The summed E-state index contributed by atoms with van der Waals surface area (Å²) in [5.74, 6) is 0. The third kappa shape index (κ3) is 4.21. The SMILES string of the molecule is Cn1ncc(Cl)c1CNC(=S)NCCc1ccccc1. The van der Waals surface area contributed by atoms with Gasteiger partial charge in [0.05, 0.1) is 23.5 Å². The number of nitrogens with one attached hydrogen (secondary N) is 2. The first-order valence-corrected chi connectivity index (χ1v) is 7.17. The number of thiocarbonyl (C=S) groups is 1. The summed E-state index contributed by atoms with van der Waals surface area (Å²) in [4.78, 5) is 0. The molecular formula is C14H17ClN4S. The molecule has 106 valence electrons. The Hall–Kier alpha value is -1.59. The van der Waals surface area contributed by atoms with E-state index < -0.39 is 0 Å². The van der Waals surface area contributed by atoms with Crippen molar-refractivity contribution in [2.75, 3.05) is 6.54 Å². The maximum atomic E-state index is 6.03. The maximum absolute atomic E-state index is 6.03. The molecule has 0 aliphatic rings. The quantitative estimate of drug-likeness (QED) is 0.832. The van der Waals surface area contributed by atoms with Crippen LogP contribution in [0.2, 0.25) is 5.02 Å². The van der Waals surface area contributed by atoms with E-state index in [0.717, 1.165) is 18.7 Å². The first-order chi connectivity index (χ1) is 9.66. The number of nitrogens with zero attached hydrogens (tertiary/aromatic N) is 2. The lowest BCUT2D eigenvalue weighted by molar-refractivity contribution is 0.688. The Morgan fingerprint density at radius 1 is 1.30 bits per heavy atom. The summed E-state index contributed by atoms with van der Waals surface area (Å²) >= 11 is 11.3. The molecule has 1 aromatic carbocycles. The second-order valence-corrected chi connectivity index (χ2v) is 5.22. The summed E-state index contributed by atoms with van der Waals surface area (Å²) in [6.07, 6.45) is 2.57. The zero-order valence-electron chi connectivity index (χ0n) is 11.3. The minimum absolute atomic E-state index is 0.562. The zero-order chi connectivity index (χ0) is 14.4. The second-order valence-electron chi connectivity index (χ2n) is 4.41. The molecule has 0 spiro atoms.